The molecule has 6 nitrogen and oxygen atoms in total. The van der Waals surface area contributed by atoms with Crippen molar-refractivity contribution in [2.45, 2.75) is 12.8 Å². The molecular formula is C25H23N3O3. The Morgan fingerprint density at radius 3 is 2.13 bits per heavy atom. The van der Waals surface area contributed by atoms with Gasteiger partial charge in [-0.15, -0.1) is 0 Å². The summed E-state index contributed by atoms with van der Waals surface area (Å²) in [5.74, 6) is 0.338. The van der Waals surface area contributed by atoms with Crippen LogP contribution in [0.1, 0.15) is 44.7 Å². The van der Waals surface area contributed by atoms with Crippen LogP contribution >= 0.6 is 0 Å². The fraction of sp³-hybridized carbons (Fsp3) is 0.200. The van der Waals surface area contributed by atoms with Crippen molar-refractivity contribution >= 4 is 34.3 Å². The summed E-state index contributed by atoms with van der Waals surface area (Å²) >= 11 is 0. The monoisotopic (exact) mass is 413 g/mol. The molecule has 5 rings (SSSR count). The van der Waals surface area contributed by atoms with Gasteiger partial charge in [-0.1, -0.05) is 24.3 Å². The van der Waals surface area contributed by atoms with E-state index in [9.17, 15) is 9.59 Å². The summed E-state index contributed by atoms with van der Waals surface area (Å²) in [6.45, 7) is 1.76. The number of nitrogens with one attached hydrogen (secondary N) is 1. The topological polar surface area (TPSA) is 84.7 Å². The van der Waals surface area contributed by atoms with Gasteiger partial charge in [0.05, 0.1) is 35.3 Å². The van der Waals surface area contributed by atoms with Gasteiger partial charge in [0.15, 0.2) is 11.6 Å². The number of methoxy groups -OCH3 is 1. The zero-order chi connectivity index (χ0) is 21.5. The van der Waals surface area contributed by atoms with E-state index in [2.05, 4.69) is 10.2 Å². The summed E-state index contributed by atoms with van der Waals surface area (Å²) in [6.07, 6.45) is 2.15. The van der Waals surface area contributed by atoms with Crippen LogP contribution in [0.15, 0.2) is 54.6 Å². The van der Waals surface area contributed by atoms with Crippen LogP contribution in [0.4, 0.5) is 22.7 Å². The molecule has 0 radical (unpaired) electrons. The Balaban J connectivity index is 1.70. The fourth-order valence-electron chi connectivity index (χ4n) is 4.45. The normalized spacial score (nSPS) is 14.9. The second-order valence-corrected chi connectivity index (χ2v) is 7.86. The van der Waals surface area contributed by atoms with E-state index in [1.807, 2.05) is 30.3 Å². The van der Waals surface area contributed by atoms with E-state index < -0.39 is 0 Å². The van der Waals surface area contributed by atoms with Crippen molar-refractivity contribution in [2.75, 3.05) is 36.1 Å². The summed E-state index contributed by atoms with van der Waals surface area (Å²) in [4.78, 5) is 29.1. The molecule has 1 heterocycles. The van der Waals surface area contributed by atoms with Crippen LogP contribution in [-0.4, -0.2) is 31.8 Å². The number of fused-ring (bicyclic) bond motifs is 2. The standard InChI is InChI=1S/C25H23N3O3/c1-31-16-10-8-15(9-11-16)27-19-14-20(28-12-4-5-13-28)23(26)22-21(19)24(29)17-6-2-3-7-18(17)25(22)30/h2-3,6-11,14,27H,4-5,12-13,26H2,1H3. The molecule has 3 N–H and O–H groups in total. The average Bonchev–Trinajstić information content (AvgIpc) is 3.33. The SMILES string of the molecule is COc1ccc(Nc2cc(N3CCCC3)c(N)c3c2C(=O)c2ccccc2C3=O)cc1. The Morgan fingerprint density at radius 2 is 1.52 bits per heavy atom. The highest BCUT2D eigenvalue weighted by atomic mass is 16.5. The summed E-state index contributed by atoms with van der Waals surface area (Å²) in [5, 5.41) is 3.35. The third-order valence-electron chi connectivity index (χ3n) is 6.03. The maximum Gasteiger partial charge on any atom is 0.196 e. The summed E-state index contributed by atoms with van der Waals surface area (Å²) in [5.41, 5.74) is 10.5. The number of carbonyl (C=O) groups excluding carboxylic acids is 2. The van der Waals surface area contributed by atoms with Crippen LogP contribution in [0, 0.1) is 0 Å². The first-order chi connectivity index (χ1) is 15.1. The maximum absolute atomic E-state index is 13.5. The van der Waals surface area contributed by atoms with Gasteiger partial charge in [-0.05, 0) is 43.2 Å². The van der Waals surface area contributed by atoms with Crippen molar-refractivity contribution in [1.82, 2.24) is 0 Å². The van der Waals surface area contributed by atoms with Gasteiger partial charge in [0, 0.05) is 29.9 Å². The molecule has 0 bridgehead atoms. The van der Waals surface area contributed by atoms with Crippen LogP contribution < -0.4 is 20.7 Å². The lowest BCUT2D eigenvalue weighted by atomic mass is 9.81. The molecule has 156 valence electrons. The van der Waals surface area contributed by atoms with E-state index in [0.717, 1.165) is 43.1 Å². The molecule has 0 atom stereocenters. The first-order valence-electron chi connectivity index (χ1n) is 10.4. The highest BCUT2D eigenvalue weighted by Gasteiger charge is 2.35. The Hall–Kier alpha value is -3.80. The molecule has 0 unspecified atom stereocenters. The summed E-state index contributed by atoms with van der Waals surface area (Å²) in [6, 6.07) is 16.3. The molecule has 0 aromatic heterocycles. The Kier molecular flexibility index (Phi) is 4.62. The van der Waals surface area contributed by atoms with E-state index in [4.69, 9.17) is 10.5 Å². The van der Waals surface area contributed by atoms with E-state index >= 15 is 0 Å². The number of nitrogens with two attached hydrogens (primary N) is 1. The quantitative estimate of drug-likeness (QED) is 0.483. The van der Waals surface area contributed by atoms with Gasteiger partial charge in [-0.25, -0.2) is 0 Å². The molecule has 2 aliphatic rings. The van der Waals surface area contributed by atoms with E-state index in [0.29, 0.717) is 33.6 Å². The van der Waals surface area contributed by atoms with Crippen LogP contribution in [-0.2, 0) is 0 Å². The summed E-state index contributed by atoms with van der Waals surface area (Å²) in [7, 11) is 1.61. The molecular weight excluding hydrogens is 390 g/mol. The zero-order valence-electron chi connectivity index (χ0n) is 17.3. The molecule has 1 fully saturated rings. The lowest BCUT2D eigenvalue weighted by Gasteiger charge is -2.28. The smallest absolute Gasteiger partial charge is 0.196 e. The van der Waals surface area contributed by atoms with Crippen molar-refractivity contribution in [3.63, 3.8) is 0 Å². The molecule has 1 aliphatic carbocycles. The second-order valence-electron chi connectivity index (χ2n) is 7.86. The van der Waals surface area contributed by atoms with E-state index in [1.165, 1.54) is 0 Å². The average molecular weight is 413 g/mol. The number of ether oxygens (including phenoxy) is 1. The second kappa shape index (κ2) is 7.47. The number of nitrogen functional groups attached to an aromatic ring is 1. The molecule has 1 saturated heterocycles. The molecule has 0 saturated carbocycles. The van der Waals surface area contributed by atoms with Crippen molar-refractivity contribution in [3.05, 3.63) is 76.9 Å². The summed E-state index contributed by atoms with van der Waals surface area (Å²) < 4.78 is 5.23. The van der Waals surface area contributed by atoms with E-state index in [1.54, 1.807) is 31.4 Å². The molecule has 1 aliphatic heterocycles. The van der Waals surface area contributed by atoms with Gasteiger partial charge in [0.25, 0.3) is 0 Å². The van der Waals surface area contributed by atoms with Crippen molar-refractivity contribution in [3.8, 4) is 5.75 Å². The zero-order valence-corrected chi connectivity index (χ0v) is 17.3. The highest BCUT2D eigenvalue weighted by Crippen LogP contribution is 2.42. The van der Waals surface area contributed by atoms with Gasteiger partial charge in [-0.2, -0.15) is 0 Å². The maximum atomic E-state index is 13.5. The van der Waals surface area contributed by atoms with Crippen LogP contribution in [0.25, 0.3) is 0 Å². The number of ketones is 2. The minimum atomic E-state index is -0.207. The molecule has 31 heavy (non-hydrogen) atoms. The van der Waals surface area contributed by atoms with Crippen LogP contribution in [0.3, 0.4) is 0 Å². The first-order valence-corrected chi connectivity index (χ1v) is 10.4. The van der Waals surface area contributed by atoms with Gasteiger partial charge in [-0.3, -0.25) is 9.59 Å². The van der Waals surface area contributed by atoms with Crippen molar-refractivity contribution in [2.24, 2.45) is 0 Å². The lowest BCUT2D eigenvalue weighted by Crippen LogP contribution is -2.26. The van der Waals surface area contributed by atoms with Crippen molar-refractivity contribution < 1.29 is 14.3 Å². The number of anilines is 4. The number of rotatable bonds is 4. The Morgan fingerprint density at radius 1 is 0.903 bits per heavy atom. The molecule has 6 heteroatoms. The molecule has 0 spiro atoms. The third kappa shape index (κ3) is 3.11. The largest absolute Gasteiger partial charge is 0.497 e. The van der Waals surface area contributed by atoms with Crippen molar-refractivity contribution in [1.29, 1.82) is 0 Å². The van der Waals surface area contributed by atoms with Gasteiger partial charge in [0.1, 0.15) is 5.75 Å². The number of carbonyl (C=O) groups is 2. The number of hydrogen-bond acceptors (Lipinski definition) is 6. The van der Waals surface area contributed by atoms with E-state index in [-0.39, 0.29) is 11.6 Å². The highest BCUT2D eigenvalue weighted by molar-refractivity contribution is 6.32. The number of hydrogen-bond donors (Lipinski definition) is 2. The molecule has 0 amide bonds. The fourth-order valence-corrected chi connectivity index (χ4v) is 4.45. The Bertz CT molecular complexity index is 1200. The van der Waals surface area contributed by atoms with Gasteiger partial charge >= 0.3 is 0 Å². The van der Waals surface area contributed by atoms with Crippen LogP contribution in [0.5, 0.6) is 5.75 Å². The van der Waals surface area contributed by atoms with Gasteiger partial charge < -0.3 is 20.7 Å². The first kappa shape index (κ1) is 19.2. The minimum Gasteiger partial charge on any atom is -0.497 e. The predicted octanol–water partition coefficient (Wildman–Crippen LogP) is 4.40. The minimum absolute atomic E-state index is 0.194. The molecule has 3 aromatic rings. The predicted molar refractivity (Wildman–Crippen MR) is 122 cm³/mol. The Labute approximate surface area is 180 Å². The molecule has 3 aromatic carbocycles. The third-order valence-corrected chi connectivity index (χ3v) is 6.03. The van der Waals surface area contributed by atoms with Crippen LogP contribution in [0.2, 0.25) is 0 Å². The number of nitrogens with zero attached hydrogens (tertiary/aromatic N) is 1. The lowest BCUT2D eigenvalue weighted by molar-refractivity contribution is 0.0980. The number of benzene rings is 3. The van der Waals surface area contributed by atoms with Gasteiger partial charge in [0.2, 0.25) is 0 Å².